The molecule has 0 N–H and O–H groups in total. The number of anilines is 1. The summed E-state index contributed by atoms with van der Waals surface area (Å²) in [5.74, 6) is 0.817. The summed E-state index contributed by atoms with van der Waals surface area (Å²) in [6.45, 7) is 9.27. The van der Waals surface area contributed by atoms with Crippen LogP contribution in [0.4, 0.5) is 5.69 Å². The van der Waals surface area contributed by atoms with Crippen molar-refractivity contribution < 1.29 is 9.53 Å². The highest BCUT2D eigenvalue weighted by Gasteiger charge is 2.30. The first-order valence-electron chi connectivity index (χ1n) is 11.8. The van der Waals surface area contributed by atoms with Crippen LogP contribution in [0.25, 0.3) is 0 Å². The number of likely N-dealkylation sites (tertiary alicyclic amines) is 1. The summed E-state index contributed by atoms with van der Waals surface area (Å²) < 4.78 is 5.45. The summed E-state index contributed by atoms with van der Waals surface area (Å²) >= 11 is 0. The molecule has 1 aliphatic heterocycles. The fourth-order valence-corrected chi connectivity index (χ4v) is 4.59. The number of methoxy groups -OCH3 is 1. The number of nitrogens with zero attached hydrogens (tertiary/aromatic N) is 2. The largest absolute Gasteiger partial charge is 0.497 e. The van der Waals surface area contributed by atoms with E-state index in [0.29, 0.717) is 0 Å². The van der Waals surface area contributed by atoms with Gasteiger partial charge >= 0.3 is 0 Å². The fraction of sp³-hybridized carbons (Fsp3) is 0.345. The van der Waals surface area contributed by atoms with Crippen LogP contribution >= 0.6 is 0 Å². The first-order valence-corrected chi connectivity index (χ1v) is 11.8. The molecule has 1 fully saturated rings. The van der Waals surface area contributed by atoms with Gasteiger partial charge in [0.2, 0.25) is 0 Å². The lowest BCUT2D eigenvalue weighted by Gasteiger charge is -2.39. The summed E-state index contributed by atoms with van der Waals surface area (Å²) in [4.78, 5) is 18.2. The molecular formula is C29H34N2O2. The minimum atomic E-state index is 0.0517. The zero-order valence-corrected chi connectivity index (χ0v) is 20.2. The lowest BCUT2D eigenvalue weighted by molar-refractivity contribution is 0.0958. The Hall–Kier alpha value is -3.11. The van der Waals surface area contributed by atoms with Crippen molar-refractivity contribution in [3.63, 3.8) is 0 Å². The standard InChI is InChI=1S/C29H34N2O2/c1-21-8-12-25(13-9-21)29(32)31(27-6-5-7-28(19-27)33-4)26-14-16-30(17-15-26)20-24-11-10-22(2)23(3)18-24/h5-13,18-19,26H,14-17,20H2,1-4H3. The summed E-state index contributed by atoms with van der Waals surface area (Å²) in [7, 11) is 1.66. The average Bonchev–Trinajstić information content (AvgIpc) is 2.83. The van der Waals surface area contributed by atoms with E-state index in [-0.39, 0.29) is 11.9 Å². The second-order valence-electron chi connectivity index (χ2n) is 9.17. The molecule has 3 aromatic rings. The number of carbonyl (C=O) groups excluding carboxylic acids is 1. The van der Waals surface area contributed by atoms with E-state index < -0.39 is 0 Å². The Morgan fingerprint density at radius 1 is 0.939 bits per heavy atom. The predicted molar refractivity (Wildman–Crippen MR) is 135 cm³/mol. The first-order chi connectivity index (χ1) is 15.9. The molecule has 4 rings (SSSR count). The summed E-state index contributed by atoms with van der Waals surface area (Å²) in [5, 5.41) is 0. The van der Waals surface area contributed by atoms with E-state index in [0.717, 1.165) is 55.0 Å². The van der Waals surface area contributed by atoms with Crippen molar-refractivity contribution in [1.82, 2.24) is 4.90 Å². The van der Waals surface area contributed by atoms with Crippen LogP contribution in [0.5, 0.6) is 5.75 Å². The van der Waals surface area contributed by atoms with Crippen LogP contribution in [-0.4, -0.2) is 37.0 Å². The molecule has 172 valence electrons. The Bertz CT molecular complexity index is 1100. The van der Waals surface area contributed by atoms with Gasteiger partial charge in [0.1, 0.15) is 5.75 Å². The molecule has 0 spiro atoms. The average molecular weight is 443 g/mol. The van der Waals surface area contributed by atoms with Crippen molar-refractivity contribution in [1.29, 1.82) is 0 Å². The number of piperidine rings is 1. The Kier molecular flexibility index (Phi) is 7.14. The van der Waals surface area contributed by atoms with Crippen LogP contribution < -0.4 is 9.64 Å². The van der Waals surface area contributed by atoms with Gasteiger partial charge in [0.05, 0.1) is 7.11 Å². The van der Waals surface area contributed by atoms with Crippen LogP contribution in [0.3, 0.4) is 0 Å². The zero-order valence-electron chi connectivity index (χ0n) is 20.2. The monoisotopic (exact) mass is 442 g/mol. The highest BCUT2D eigenvalue weighted by Crippen LogP contribution is 2.29. The molecule has 4 nitrogen and oxygen atoms in total. The van der Waals surface area contributed by atoms with Crippen LogP contribution in [0, 0.1) is 20.8 Å². The van der Waals surface area contributed by atoms with Crippen molar-refractivity contribution in [3.05, 3.63) is 94.5 Å². The molecule has 0 aromatic heterocycles. The molecular weight excluding hydrogens is 408 g/mol. The predicted octanol–water partition coefficient (Wildman–Crippen LogP) is 5.93. The maximum atomic E-state index is 13.7. The third-order valence-electron chi connectivity index (χ3n) is 6.75. The number of aryl methyl sites for hydroxylation is 3. The van der Waals surface area contributed by atoms with E-state index in [4.69, 9.17) is 4.74 Å². The van der Waals surface area contributed by atoms with Crippen LogP contribution in [0.15, 0.2) is 66.7 Å². The Morgan fingerprint density at radius 3 is 2.33 bits per heavy atom. The molecule has 0 atom stereocenters. The number of ether oxygens (including phenoxy) is 1. The van der Waals surface area contributed by atoms with Gasteiger partial charge in [0, 0.05) is 43.0 Å². The third kappa shape index (κ3) is 5.45. The van der Waals surface area contributed by atoms with E-state index in [1.165, 1.54) is 16.7 Å². The molecule has 3 aromatic carbocycles. The Labute approximate surface area is 197 Å². The number of amides is 1. The number of benzene rings is 3. The highest BCUT2D eigenvalue weighted by molar-refractivity contribution is 6.06. The molecule has 1 heterocycles. The van der Waals surface area contributed by atoms with Gasteiger partial charge in [0.15, 0.2) is 0 Å². The van der Waals surface area contributed by atoms with Gasteiger partial charge in [-0.15, -0.1) is 0 Å². The zero-order chi connectivity index (χ0) is 23.4. The molecule has 0 unspecified atom stereocenters. The molecule has 33 heavy (non-hydrogen) atoms. The number of hydrogen-bond donors (Lipinski definition) is 0. The summed E-state index contributed by atoms with van der Waals surface area (Å²) in [5.41, 5.74) is 6.81. The summed E-state index contributed by atoms with van der Waals surface area (Å²) in [6, 6.07) is 22.6. The van der Waals surface area contributed by atoms with E-state index in [1.54, 1.807) is 7.11 Å². The first kappa shape index (κ1) is 23.1. The normalized spacial score (nSPS) is 14.8. The van der Waals surface area contributed by atoms with Crippen LogP contribution in [0.2, 0.25) is 0 Å². The van der Waals surface area contributed by atoms with Crippen LogP contribution in [0.1, 0.15) is 45.5 Å². The van der Waals surface area contributed by atoms with Crippen molar-refractivity contribution in [2.45, 2.75) is 46.2 Å². The molecule has 4 heteroatoms. The van der Waals surface area contributed by atoms with Crippen molar-refractivity contribution in [3.8, 4) is 5.75 Å². The van der Waals surface area contributed by atoms with Crippen LogP contribution in [-0.2, 0) is 6.54 Å². The van der Waals surface area contributed by atoms with Gasteiger partial charge < -0.3 is 9.64 Å². The van der Waals surface area contributed by atoms with Gasteiger partial charge in [-0.25, -0.2) is 0 Å². The number of carbonyl (C=O) groups is 1. The molecule has 0 aliphatic carbocycles. The number of rotatable bonds is 6. The topological polar surface area (TPSA) is 32.8 Å². The van der Waals surface area contributed by atoms with E-state index in [9.17, 15) is 4.79 Å². The Balaban J connectivity index is 1.53. The van der Waals surface area contributed by atoms with E-state index in [1.807, 2.05) is 60.4 Å². The smallest absolute Gasteiger partial charge is 0.258 e. The van der Waals surface area contributed by atoms with Gasteiger partial charge in [-0.3, -0.25) is 9.69 Å². The minimum Gasteiger partial charge on any atom is -0.497 e. The Morgan fingerprint density at radius 2 is 1.67 bits per heavy atom. The minimum absolute atomic E-state index is 0.0517. The molecule has 1 amide bonds. The van der Waals surface area contributed by atoms with Gasteiger partial charge in [-0.2, -0.15) is 0 Å². The SMILES string of the molecule is COc1cccc(N(C(=O)c2ccc(C)cc2)C2CCN(Cc3ccc(C)c(C)c3)CC2)c1. The molecule has 1 saturated heterocycles. The van der Waals surface area contributed by atoms with Gasteiger partial charge in [-0.05, 0) is 74.6 Å². The van der Waals surface area contributed by atoms with Crippen molar-refractivity contribution >= 4 is 11.6 Å². The number of hydrogen-bond acceptors (Lipinski definition) is 3. The van der Waals surface area contributed by atoms with Crippen molar-refractivity contribution in [2.24, 2.45) is 0 Å². The van der Waals surface area contributed by atoms with E-state index >= 15 is 0 Å². The van der Waals surface area contributed by atoms with Gasteiger partial charge in [-0.1, -0.05) is 42.0 Å². The molecule has 0 bridgehead atoms. The lowest BCUT2D eigenvalue weighted by Crippen LogP contribution is -2.47. The second-order valence-corrected chi connectivity index (χ2v) is 9.17. The van der Waals surface area contributed by atoms with E-state index in [2.05, 4.69) is 36.9 Å². The maximum Gasteiger partial charge on any atom is 0.258 e. The third-order valence-corrected chi connectivity index (χ3v) is 6.75. The summed E-state index contributed by atoms with van der Waals surface area (Å²) in [6.07, 6.45) is 1.89. The lowest BCUT2D eigenvalue weighted by atomic mass is 9.99. The quantitative estimate of drug-likeness (QED) is 0.474. The fourth-order valence-electron chi connectivity index (χ4n) is 4.59. The maximum absolute atomic E-state index is 13.7. The molecule has 1 aliphatic rings. The molecule has 0 radical (unpaired) electrons. The second kappa shape index (κ2) is 10.2. The highest BCUT2D eigenvalue weighted by atomic mass is 16.5. The van der Waals surface area contributed by atoms with Gasteiger partial charge in [0.25, 0.3) is 5.91 Å². The van der Waals surface area contributed by atoms with Crippen molar-refractivity contribution in [2.75, 3.05) is 25.1 Å². The molecule has 0 saturated carbocycles.